The van der Waals surface area contributed by atoms with E-state index in [1.54, 1.807) is 7.11 Å². The molecule has 1 aromatic rings. The Morgan fingerprint density at radius 3 is 2.36 bits per heavy atom. The average Bonchev–Trinajstić information content (AvgIpc) is 2.94. The zero-order valence-corrected chi connectivity index (χ0v) is 14.2. The number of ether oxygens (including phenoxy) is 1. The van der Waals surface area contributed by atoms with Gasteiger partial charge in [-0.1, -0.05) is 12.1 Å². The van der Waals surface area contributed by atoms with Crippen LogP contribution < -0.4 is 4.74 Å². The molecule has 1 aliphatic rings. The Labute approximate surface area is 133 Å². The topological polar surface area (TPSA) is 52.9 Å². The van der Waals surface area contributed by atoms with Crippen LogP contribution in [0.1, 0.15) is 45.6 Å². The van der Waals surface area contributed by atoms with Crippen LogP contribution in [-0.2, 0) is 5.60 Å². The van der Waals surface area contributed by atoms with E-state index in [4.69, 9.17) is 4.74 Å². The molecular formula is C18H29NO3. The van der Waals surface area contributed by atoms with Crippen molar-refractivity contribution >= 4 is 0 Å². The lowest BCUT2D eigenvalue weighted by atomic mass is 9.86. The van der Waals surface area contributed by atoms with E-state index >= 15 is 0 Å². The van der Waals surface area contributed by atoms with Crippen molar-refractivity contribution in [2.24, 2.45) is 0 Å². The number of aliphatic hydroxyl groups is 2. The van der Waals surface area contributed by atoms with Gasteiger partial charge in [-0.15, -0.1) is 0 Å². The van der Waals surface area contributed by atoms with Crippen LogP contribution in [0.5, 0.6) is 5.75 Å². The van der Waals surface area contributed by atoms with Crippen molar-refractivity contribution in [2.45, 2.75) is 57.3 Å². The van der Waals surface area contributed by atoms with E-state index in [0.29, 0.717) is 6.42 Å². The minimum absolute atomic E-state index is 0.0863. The molecule has 0 radical (unpaired) electrons. The van der Waals surface area contributed by atoms with Crippen LogP contribution in [0.4, 0.5) is 0 Å². The first-order chi connectivity index (χ1) is 10.2. The third-order valence-electron chi connectivity index (χ3n) is 4.70. The largest absolute Gasteiger partial charge is 0.497 e. The minimum Gasteiger partial charge on any atom is -0.497 e. The lowest BCUT2D eigenvalue weighted by Gasteiger charge is -2.38. The molecule has 1 fully saturated rings. The maximum atomic E-state index is 11.1. The molecule has 1 aromatic carbocycles. The van der Waals surface area contributed by atoms with Crippen molar-refractivity contribution in [3.8, 4) is 5.75 Å². The first kappa shape index (κ1) is 17.3. The monoisotopic (exact) mass is 307 g/mol. The molecule has 22 heavy (non-hydrogen) atoms. The van der Waals surface area contributed by atoms with E-state index in [1.807, 2.05) is 45.0 Å². The Kier molecular flexibility index (Phi) is 5.15. The van der Waals surface area contributed by atoms with Crippen LogP contribution in [0, 0.1) is 0 Å². The summed E-state index contributed by atoms with van der Waals surface area (Å²) in [6, 6.07) is 7.74. The Morgan fingerprint density at radius 2 is 1.82 bits per heavy atom. The molecule has 2 atom stereocenters. The van der Waals surface area contributed by atoms with Gasteiger partial charge < -0.3 is 14.9 Å². The molecule has 2 N–H and O–H groups in total. The number of hydrogen-bond donors (Lipinski definition) is 2. The van der Waals surface area contributed by atoms with Crippen LogP contribution >= 0.6 is 0 Å². The van der Waals surface area contributed by atoms with Gasteiger partial charge in [0.1, 0.15) is 11.4 Å². The van der Waals surface area contributed by atoms with Gasteiger partial charge in [0, 0.05) is 12.6 Å². The number of nitrogens with zero attached hydrogens (tertiary/aromatic N) is 1. The number of hydrogen-bond acceptors (Lipinski definition) is 4. The van der Waals surface area contributed by atoms with Gasteiger partial charge in [0.2, 0.25) is 0 Å². The predicted molar refractivity (Wildman–Crippen MR) is 88.1 cm³/mol. The van der Waals surface area contributed by atoms with E-state index < -0.39 is 11.2 Å². The second-order valence-electron chi connectivity index (χ2n) is 7.13. The number of benzene rings is 1. The average molecular weight is 307 g/mol. The van der Waals surface area contributed by atoms with Crippen molar-refractivity contribution in [2.75, 3.05) is 20.2 Å². The lowest BCUT2D eigenvalue weighted by Crippen LogP contribution is -2.46. The number of methoxy groups -OCH3 is 1. The fourth-order valence-corrected chi connectivity index (χ4v) is 3.27. The second-order valence-corrected chi connectivity index (χ2v) is 7.13. The van der Waals surface area contributed by atoms with Crippen molar-refractivity contribution in [3.63, 3.8) is 0 Å². The summed E-state index contributed by atoms with van der Waals surface area (Å²) in [5.74, 6) is 0.796. The fourth-order valence-electron chi connectivity index (χ4n) is 3.27. The molecule has 0 unspecified atom stereocenters. The van der Waals surface area contributed by atoms with Gasteiger partial charge >= 0.3 is 0 Å². The highest BCUT2D eigenvalue weighted by atomic mass is 16.5. The summed E-state index contributed by atoms with van der Waals surface area (Å²) in [7, 11) is 1.64. The van der Waals surface area contributed by atoms with Crippen molar-refractivity contribution in [1.29, 1.82) is 0 Å². The van der Waals surface area contributed by atoms with Gasteiger partial charge in [-0.25, -0.2) is 0 Å². The van der Waals surface area contributed by atoms with Crippen LogP contribution in [-0.4, -0.2) is 47.0 Å². The van der Waals surface area contributed by atoms with Crippen LogP contribution in [0.2, 0.25) is 0 Å². The molecule has 2 rings (SSSR count). The molecule has 4 heteroatoms. The van der Waals surface area contributed by atoms with Crippen molar-refractivity contribution in [1.82, 2.24) is 4.90 Å². The zero-order chi connectivity index (χ0) is 16.4. The van der Waals surface area contributed by atoms with Crippen LogP contribution in [0.3, 0.4) is 0 Å². The molecule has 0 spiro atoms. The van der Waals surface area contributed by atoms with Crippen molar-refractivity contribution < 1.29 is 14.9 Å². The Hall–Kier alpha value is -1.10. The van der Waals surface area contributed by atoms with Gasteiger partial charge in [0.15, 0.2) is 0 Å². The summed E-state index contributed by atoms with van der Waals surface area (Å²) >= 11 is 0. The summed E-state index contributed by atoms with van der Waals surface area (Å²) in [6.45, 7) is 7.34. The molecule has 1 heterocycles. The van der Waals surface area contributed by atoms with Gasteiger partial charge in [0.05, 0.1) is 12.7 Å². The molecule has 4 nitrogen and oxygen atoms in total. The maximum absolute atomic E-state index is 11.1. The summed E-state index contributed by atoms with van der Waals surface area (Å²) in [6.07, 6.45) is 2.77. The highest BCUT2D eigenvalue weighted by Crippen LogP contribution is 2.35. The first-order valence-corrected chi connectivity index (χ1v) is 8.07. The first-order valence-electron chi connectivity index (χ1n) is 8.07. The quantitative estimate of drug-likeness (QED) is 0.848. The van der Waals surface area contributed by atoms with E-state index in [0.717, 1.165) is 37.2 Å². The van der Waals surface area contributed by atoms with Gasteiger partial charge in [-0.2, -0.15) is 0 Å². The van der Waals surface area contributed by atoms with Gasteiger partial charge in [-0.3, -0.25) is 4.90 Å². The molecule has 124 valence electrons. The summed E-state index contributed by atoms with van der Waals surface area (Å²) in [5.41, 5.74) is -0.657. The molecule has 0 bridgehead atoms. The van der Waals surface area contributed by atoms with E-state index in [-0.39, 0.29) is 6.04 Å². The second kappa shape index (κ2) is 6.57. The van der Waals surface area contributed by atoms with E-state index in [2.05, 4.69) is 4.90 Å². The SMILES string of the molecule is COc1ccc([C@](C)(O)[C@H]2CCCN2CCC(C)(C)O)cc1. The molecule has 0 saturated carbocycles. The van der Waals surface area contributed by atoms with Gasteiger partial charge in [0.25, 0.3) is 0 Å². The summed E-state index contributed by atoms with van der Waals surface area (Å²) < 4.78 is 5.18. The Balaban J connectivity index is 2.12. The van der Waals surface area contributed by atoms with Crippen LogP contribution in [0.25, 0.3) is 0 Å². The number of likely N-dealkylation sites (tertiary alicyclic amines) is 1. The third-order valence-corrected chi connectivity index (χ3v) is 4.70. The smallest absolute Gasteiger partial charge is 0.118 e. The summed E-state index contributed by atoms with van der Waals surface area (Å²) in [4.78, 5) is 2.31. The molecule has 1 saturated heterocycles. The fraction of sp³-hybridized carbons (Fsp3) is 0.667. The normalized spacial score (nSPS) is 22.5. The molecule has 0 aromatic heterocycles. The highest BCUT2D eigenvalue weighted by Gasteiger charge is 2.40. The van der Waals surface area contributed by atoms with Gasteiger partial charge in [-0.05, 0) is 64.3 Å². The third kappa shape index (κ3) is 4.00. The predicted octanol–water partition coefficient (Wildman–Crippen LogP) is 2.53. The van der Waals surface area contributed by atoms with E-state index in [9.17, 15) is 10.2 Å². The standard InChI is InChI=1S/C18H29NO3/c1-17(2,20)11-13-19-12-5-6-16(19)18(3,21)14-7-9-15(22-4)10-8-14/h7-10,16,20-21H,5-6,11-13H2,1-4H3/t16-,18+/m1/s1. The van der Waals surface area contributed by atoms with Crippen molar-refractivity contribution in [3.05, 3.63) is 29.8 Å². The Morgan fingerprint density at radius 1 is 1.18 bits per heavy atom. The maximum Gasteiger partial charge on any atom is 0.118 e. The Bertz CT molecular complexity index is 476. The molecular weight excluding hydrogens is 278 g/mol. The number of rotatable bonds is 6. The molecule has 0 amide bonds. The van der Waals surface area contributed by atoms with E-state index in [1.165, 1.54) is 0 Å². The highest BCUT2D eigenvalue weighted by molar-refractivity contribution is 5.31. The molecule has 1 aliphatic heterocycles. The molecule has 0 aliphatic carbocycles. The lowest BCUT2D eigenvalue weighted by molar-refractivity contribution is -0.0308. The summed E-state index contributed by atoms with van der Waals surface area (Å²) in [5, 5.41) is 21.0. The van der Waals surface area contributed by atoms with Crippen LogP contribution in [0.15, 0.2) is 24.3 Å². The zero-order valence-electron chi connectivity index (χ0n) is 14.2. The minimum atomic E-state index is -0.900.